The lowest BCUT2D eigenvalue weighted by Crippen LogP contribution is -2.47. The van der Waals surface area contributed by atoms with Gasteiger partial charge in [0.25, 0.3) is 5.91 Å². The number of nitrogens with one attached hydrogen (secondary N) is 1. The van der Waals surface area contributed by atoms with Crippen LogP contribution in [0.25, 0.3) is 0 Å². The van der Waals surface area contributed by atoms with Crippen LogP contribution >= 0.6 is 23.2 Å². The first kappa shape index (κ1) is 23.0. The minimum absolute atomic E-state index is 0.210. The van der Waals surface area contributed by atoms with Crippen molar-refractivity contribution in [2.75, 3.05) is 18.1 Å². The molecule has 2 aliphatic rings. The number of hydrogen-bond donors (Lipinski definition) is 1. The number of anilines is 1. The van der Waals surface area contributed by atoms with Crippen LogP contribution in [0.5, 0.6) is 0 Å². The Bertz CT molecular complexity index is 990. The van der Waals surface area contributed by atoms with Crippen LogP contribution in [0.2, 0.25) is 10.0 Å². The van der Waals surface area contributed by atoms with Crippen molar-refractivity contribution in [3.63, 3.8) is 0 Å². The Balaban J connectivity index is 1.64. The van der Waals surface area contributed by atoms with Gasteiger partial charge < -0.3 is 0 Å². The molecule has 0 radical (unpaired) electrons. The van der Waals surface area contributed by atoms with Crippen molar-refractivity contribution in [3.8, 4) is 0 Å². The molecule has 1 fully saturated rings. The Morgan fingerprint density at radius 2 is 1.69 bits per heavy atom. The Hall–Kier alpha value is -2.15. The summed E-state index contributed by atoms with van der Waals surface area (Å²) in [4.78, 5) is 13.2. The molecule has 2 heterocycles. The van der Waals surface area contributed by atoms with Gasteiger partial charge in [-0.2, -0.15) is 5.10 Å². The van der Waals surface area contributed by atoms with Gasteiger partial charge in [0.05, 0.1) is 16.8 Å². The zero-order chi connectivity index (χ0) is 22.7. The molecule has 4 rings (SSSR count). The molecule has 0 bridgehead atoms. The molecule has 1 N–H and O–H groups in total. The van der Waals surface area contributed by atoms with Crippen LogP contribution in [0.15, 0.2) is 47.6 Å². The SMILES string of the molecule is C[C@H]1C(C(=O)NN2CCCCCCC2)=NN(c2ccc(Cl)cc2Cl)[C@H]1c1ccc(F)cc1. The summed E-state index contributed by atoms with van der Waals surface area (Å²) >= 11 is 12.6. The van der Waals surface area contributed by atoms with E-state index in [1.54, 1.807) is 35.3 Å². The maximum absolute atomic E-state index is 13.6. The lowest BCUT2D eigenvalue weighted by Gasteiger charge is -2.28. The normalized spacial score (nSPS) is 22.2. The van der Waals surface area contributed by atoms with Crippen LogP contribution in [0.4, 0.5) is 10.1 Å². The number of carbonyl (C=O) groups excluding carboxylic acids is 1. The number of hydrazine groups is 1. The van der Waals surface area contributed by atoms with Crippen molar-refractivity contribution in [1.82, 2.24) is 10.4 Å². The minimum atomic E-state index is -0.313. The van der Waals surface area contributed by atoms with E-state index in [9.17, 15) is 9.18 Å². The minimum Gasteiger partial charge on any atom is -0.284 e. The van der Waals surface area contributed by atoms with Crippen molar-refractivity contribution in [2.24, 2.45) is 11.0 Å². The number of hydrazone groups is 1. The number of amides is 1. The second-order valence-corrected chi connectivity index (χ2v) is 9.25. The van der Waals surface area contributed by atoms with E-state index >= 15 is 0 Å². The second kappa shape index (κ2) is 10.2. The van der Waals surface area contributed by atoms with Crippen LogP contribution in [0, 0.1) is 11.7 Å². The largest absolute Gasteiger partial charge is 0.284 e. The first-order chi connectivity index (χ1) is 15.4. The molecule has 2 aromatic rings. The quantitative estimate of drug-likeness (QED) is 0.589. The van der Waals surface area contributed by atoms with Crippen molar-refractivity contribution in [2.45, 2.75) is 45.1 Å². The first-order valence-electron chi connectivity index (χ1n) is 11.1. The van der Waals surface area contributed by atoms with E-state index in [0.717, 1.165) is 31.5 Å². The highest BCUT2D eigenvalue weighted by Gasteiger charge is 2.40. The molecule has 0 aliphatic carbocycles. The van der Waals surface area contributed by atoms with Crippen LogP contribution in [0.3, 0.4) is 0 Å². The number of halogens is 3. The summed E-state index contributed by atoms with van der Waals surface area (Å²) < 4.78 is 13.6. The van der Waals surface area contributed by atoms with Crippen molar-refractivity contribution in [3.05, 3.63) is 63.9 Å². The second-order valence-electron chi connectivity index (χ2n) is 8.41. The van der Waals surface area contributed by atoms with Crippen LogP contribution in [0.1, 0.15) is 50.6 Å². The van der Waals surface area contributed by atoms with Gasteiger partial charge in [-0.1, -0.05) is 61.5 Å². The molecule has 0 spiro atoms. The fourth-order valence-electron chi connectivity index (χ4n) is 4.40. The van der Waals surface area contributed by atoms with Crippen molar-refractivity contribution in [1.29, 1.82) is 0 Å². The number of nitrogens with zero attached hydrogens (tertiary/aromatic N) is 3. The number of carbonyl (C=O) groups is 1. The third-order valence-corrected chi connectivity index (χ3v) is 6.64. The standard InChI is InChI=1S/C24H27Cl2FN4O/c1-16-22(24(32)29-30-13-5-3-2-4-6-14-30)28-31(21-12-9-18(25)15-20(21)26)23(16)17-7-10-19(27)11-8-17/h7-12,15-16,23H,2-6,13-14H2,1H3,(H,29,32)/t16-,23+/m0/s1. The molecular formula is C24H27Cl2FN4O. The molecule has 2 aromatic carbocycles. The monoisotopic (exact) mass is 476 g/mol. The van der Waals surface area contributed by atoms with E-state index in [4.69, 9.17) is 28.3 Å². The molecule has 2 aliphatic heterocycles. The molecule has 1 saturated heterocycles. The molecule has 0 aromatic heterocycles. The van der Waals surface area contributed by atoms with Gasteiger partial charge in [0.1, 0.15) is 11.5 Å². The average molecular weight is 477 g/mol. The maximum Gasteiger partial charge on any atom is 0.282 e. The molecule has 2 atom stereocenters. The molecule has 0 saturated carbocycles. The maximum atomic E-state index is 13.6. The Kier molecular flexibility index (Phi) is 7.33. The van der Waals surface area contributed by atoms with E-state index < -0.39 is 0 Å². The van der Waals surface area contributed by atoms with Gasteiger partial charge in [0, 0.05) is 24.0 Å². The third kappa shape index (κ3) is 5.08. The van der Waals surface area contributed by atoms with E-state index in [-0.39, 0.29) is 23.7 Å². The van der Waals surface area contributed by atoms with Gasteiger partial charge in [-0.05, 0) is 48.7 Å². The highest BCUT2D eigenvalue weighted by atomic mass is 35.5. The predicted octanol–water partition coefficient (Wildman–Crippen LogP) is 5.98. The lowest BCUT2D eigenvalue weighted by molar-refractivity contribution is -0.119. The zero-order valence-electron chi connectivity index (χ0n) is 18.0. The van der Waals surface area contributed by atoms with Gasteiger partial charge in [-0.15, -0.1) is 0 Å². The molecule has 170 valence electrons. The summed E-state index contributed by atoms with van der Waals surface area (Å²) in [7, 11) is 0. The Labute approximate surface area is 198 Å². The van der Waals surface area contributed by atoms with Crippen molar-refractivity contribution >= 4 is 40.5 Å². The highest BCUT2D eigenvalue weighted by molar-refractivity contribution is 6.41. The predicted molar refractivity (Wildman–Crippen MR) is 127 cm³/mol. The molecule has 5 nitrogen and oxygen atoms in total. The van der Waals surface area contributed by atoms with Gasteiger partial charge in [0.15, 0.2) is 0 Å². The number of hydrogen-bond acceptors (Lipinski definition) is 4. The fraction of sp³-hybridized carbons (Fsp3) is 0.417. The lowest BCUT2D eigenvalue weighted by atomic mass is 9.91. The van der Waals surface area contributed by atoms with E-state index in [1.807, 2.05) is 11.9 Å². The first-order valence-corrected chi connectivity index (χ1v) is 11.8. The van der Waals surface area contributed by atoms with E-state index in [0.29, 0.717) is 21.4 Å². The Morgan fingerprint density at radius 1 is 1.03 bits per heavy atom. The molecule has 0 unspecified atom stereocenters. The number of rotatable bonds is 4. The third-order valence-electron chi connectivity index (χ3n) is 6.10. The van der Waals surface area contributed by atoms with Crippen LogP contribution in [-0.2, 0) is 4.79 Å². The number of benzene rings is 2. The average Bonchev–Trinajstić information content (AvgIpc) is 3.07. The molecular weight excluding hydrogens is 450 g/mol. The summed E-state index contributed by atoms with van der Waals surface area (Å²) in [6, 6.07) is 11.2. The molecule has 32 heavy (non-hydrogen) atoms. The zero-order valence-corrected chi connectivity index (χ0v) is 19.5. The van der Waals surface area contributed by atoms with Gasteiger partial charge >= 0.3 is 0 Å². The summed E-state index contributed by atoms with van der Waals surface area (Å²) in [5.74, 6) is -0.758. The van der Waals surface area contributed by atoms with E-state index in [1.165, 1.54) is 31.4 Å². The van der Waals surface area contributed by atoms with Gasteiger partial charge in [0.2, 0.25) is 0 Å². The smallest absolute Gasteiger partial charge is 0.282 e. The summed E-state index contributed by atoms with van der Waals surface area (Å²) in [6.07, 6.45) is 5.74. The molecule has 1 amide bonds. The summed E-state index contributed by atoms with van der Waals surface area (Å²) in [5, 5.41) is 9.41. The fourth-order valence-corrected chi connectivity index (χ4v) is 4.90. The Morgan fingerprint density at radius 3 is 2.34 bits per heavy atom. The summed E-state index contributed by atoms with van der Waals surface area (Å²) in [6.45, 7) is 3.63. The summed E-state index contributed by atoms with van der Waals surface area (Å²) in [5.41, 5.74) is 4.98. The highest BCUT2D eigenvalue weighted by Crippen LogP contribution is 2.42. The van der Waals surface area contributed by atoms with Crippen LogP contribution < -0.4 is 10.4 Å². The van der Waals surface area contributed by atoms with Crippen molar-refractivity contribution < 1.29 is 9.18 Å². The molecule has 8 heteroatoms. The van der Waals surface area contributed by atoms with Gasteiger partial charge in [-0.25, -0.2) is 9.40 Å². The van der Waals surface area contributed by atoms with Crippen LogP contribution in [-0.4, -0.2) is 29.7 Å². The van der Waals surface area contributed by atoms with E-state index in [2.05, 4.69) is 5.43 Å². The van der Waals surface area contributed by atoms with Gasteiger partial charge in [-0.3, -0.25) is 15.2 Å². The topological polar surface area (TPSA) is 47.9 Å².